The van der Waals surface area contributed by atoms with Crippen molar-refractivity contribution >= 4 is 17.7 Å². The largest absolute Gasteiger partial charge is 0.465 e. The van der Waals surface area contributed by atoms with Crippen LogP contribution in [0.2, 0.25) is 0 Å². The molecule has 20 heavy (non-hydrogen) atoms. The van der Waals surface area contributed by atoms with Gasteiger partial charge < -0.3 is 4.74 Å². The summed E-state index contributed by atoms with van der Waals surface area (Å²) in [6.45, 7) is 2.38. The second-order valence-corrected chi connectivity index (χ2v) is 5.73. The van der Waals surface area contributed by atoms with Crippen molar-refractivity contribution in [2.24, 2.45) is 0 Å². The summed E-state index contributed by atoms with van der Waals surface area (Å²) in [5, 5.41) is 11.8. The van der Waals surface area contributed by atoms with Gasteiger partial charge in [0.2, 0.25) is 0 Å². The van der Waals surface area contributed by atoms with Gasteiger partial charge in [-0.2, -0.15) is 0 Å². The molecule has 1 aromatic rings. The second-order valence-electron chi connectivity index (χ2n) is 4.55. The highest BCUT2D eigenvalue weighted by Gasteiger charge is 2.37. The van der Waals surface area contributed by atoms with Crippen LogP contribution in [0.25, 0.3) is 0 Å². The molecule has 2 N–H and O–H groups in total. The summed E-state index contributed by atoms with van der Waals surface area (Å²) in [7, 11) is 0. The molecule has 5 nitrogen and oxygen atoms in total. The summed E-state index contributed by atoms with van der Waals surface area (Å²) < 4.78 is 5.19. The predicted octanol–water partition coefficient (Wildman–Crippen LogP) is 1.85. The van der Waals surface area contributed by atoms with Gasteiger partial charge in [0.25, 0.3) is 0 Å². The van der Waals surface area contributed by atoms with E-state index in [-0.39, 0.29) is 29.9 Å². The first-order valence-electron chi connectivity index (χ1n) is 6.61. The lowest BCUT2D eigenvalue weighted by atomic mass is 9.98. The zero-order valence-electron chi connectivity index (χ0n) is 11.3. The number of hydrogen-bond donors (Lipinski definition) is 2. The van der Waals surface area contributed by atoms with E-state index in [2.05, 4.69) is 10.2 Å². The molecule has 3 atom stereocenters. The van der Waals surface area contributed by atoms with Gasteiger partial charge in [-0.25, -0.2) is 4.89 Å². The van der Waals surface area contributed by atoms with Crippen molar-refractivity contribution in [2.45, 2.75) is 24.3 Å². The summed E-state index contributed by atoms with van der Waals surface area (Å²) in [5.74, 6) is 0.202. The minimum atomic E-state index is -0.357. The minimum Gasteiger partial charge on any atom is -0.465 e. The zero-order valence-corrected chi connectivity index (χ0v) is 12.1. The van der Waals surface area contributed by atoms with E-state index in [0.29, 0.717) is 6.61 Å². The molecule has 0 spiro atoms. The first-order valence-corrected chi connectivity index (χ1v) is 7.66. The van der Waals surface area contributed by atoms with Crippen LogP contribution in [-0.4, -0.2) is 41.6 Å². The molecule has 1 aliphatic heterocycles. The number of benzene rings is 1. The molecule has 110 valence electrons. The van der Waals surface area contributed by atoms with Crippen LogP contribution in [0.15, 0.2) is 30.3 Å². The molecule has 0 amide bonds. The van der Waals surface area contributed by atoms with Crippen LogP contribution in [0.1, 0.15) is 18.4 Å². The van der Waals surface area contributed by atoms with Crippen LogP contribution in [0.4, 0.5) is 0 Å². The predicted molar refractivity (Wildman–Crippen MR) is 77.6 cm³/mol. The molecule has 1 heterocycles. The highest BCUT2D eigenvalue weighted by molar-refractivity contribution is 8.00. The van der Waals surface area contributed by atoms with Gasteiger partial charge >= 0.3 is 5.97 Å². The van der Waals surface area contributed by atoms with Gasteiger partial charge in [0.15, 0.2) is 0 Å². The summed E-state index contributed by atoms with van der Waals surface area (Å²) >= 11 is 1.64. The number of rotatable bonds is 6. The van der Waals surface area contributed by atoms with Gasteiger partial charge in [0.1, 0.15) is 5.92 Å². The molecule has 0 aliphatic carbocycles. The van der Waals surface area contributed by atoms with Crippen LogP contribution < -0.4 is 5.32 Å². The van der Waals surface area contributed by atoms with E-state index in [1.54, 1.807) is 18.7 Å². The third-order valence-electron chi connectivity index (χ3n) is 3.15. The number of carbonyl (C=O) groups is 1. The molecular weight excluding hydrogens is 278 g/mol. The van der Waals surface area contributed by atoms with Gasteiger partial charge in [-0.1, -0.05) is 30.3 Å². The van der Waals surface area contributed by atoms with Gasteiger partial charge in [-0.15, -0.1) is 11.8 Å². The Morgan fingerprint density at radius 2 is 2.25 bits per heavy atom. The number of ether oxygens (including phenoxy) is 1. The zero-order chi connectivity index (χ0) is 14.4. The van der Waals surface area contributed by atoms with Crippen molar-refractivity contribution in [1.29, 1.82) is 0 Å². The van der Waals surface area contributed by atoms with Crippen LogP contribution in [-0.2, 0) is 14.4 Å². The Hall–Kier alpha value is -1.08. The SMILES string of the molecule is CCOC(=O)[C@@H](c1ccccc1)[C@@H]1N[C@@H](COO)CS1. The molecule has 0 unspecified atom stereocenters. The molecule has 1 aliphatic rings. The first kappa shape index (κ1) is 15.3. The van der Waals surface area contributed by atoms with Crippen molar-refractivity contribution < 1.29 is 19.7 Å². The fraction of sp³-hybridized carbons (Fsp3) is 0.500. The van der Waals surface area contributed by atoms with Gasteiger partial charge in [-0.05, 0) is 12.5 Å². The minimum absolute atomic E-state index is 0.0376. The number of thioether (sulfide) groups is 1. The lowest BCUT2D eigenvalue weighted by Gasteiger charge is -2.22. The van der Waals surface area contributed by atoms with Gasteiger partial charge in [-0.3, -0.25) is 15.4 Å². The normalized spacial score (nSPS) is 23.5. The molecule has 0 radical (unpaired) electrons. The van der Waals surface area contributed by atoms with Crippen molar-refractivity contribution in [1.82, 2.24) is 5.32 Å². The van der Waals surface area contributed by atoms with Gasteiger partial charge in [0.05, 0.1) is 18.6 Å². The molecule has 1 fully saturated rings. The van der Waals surface area contributed by atoms with Crippen LogP contribution in [0.3, 0.4) is 0 Å². The maximum absolute atomic E-state index is 12.2. The molecule has 0 bridgehead atoms. The van der Waals surface area contributed by atoms with Crippen LogP contribution in [0.5, 0.6) is 0 Å². The Morgan fingerprint density at radius 1 is 1.50 bits per heavy atom. The van der Waals surface area contributed by atoms with E-state index >= 15 is 0 Å². The molecule has 1 aromatic carbocycles. The lowest BCUT2D eigenvalue weighted by molar-refractivity contribution is -0.245. The van der Waals surface area contributed by atoms with Crippen LogP contribution in [0, 0.1) is 0 Å². The summed E-state index contributed by atoms with van der Waals surface area (Å²) in [6, 6.07) is 9.64. The average Bonchev–Trinajstić information content (AvgIpc) is 2.89. The highest BCUT2D eigenvalue weighted by atomic mass is 32.2. The number of esters is 1. The number of nitrogens with one attached hydrogen (secondary N) is 1. The summed E-state index contributed by atoms with van der Waals surface area (Å²) in [4.78, 5) is 16.4. The standard InChI is InChI=1S/C14H19NO4S/c1-2-18-14(16)12(10-6-4-3-5-7-10)13-15-11(8-19-17)9-20-13/h3-7,11-13,15,17H,2,8-9H2,1H3/t11-,12-,13+/m0/s1. The Labute approximate surface area is 122 Å². The van der Waals surface area contributed by atoms with Crippen molar-refractivity contribution in [3.63, 3.8) is 0 Å². The van der Waals surface area contributed by atoms with Gasteiger partial charge in [0, 0.05) is 11.8 Å². The third-order valence-corrected chi connectivity index (χ3v) is 4.52. The Bertz CT molecular complexity index is 428. The molecule has 0 aromatic heterocycles. The third kappa shape index (κ3) is 3.73. The first-order chi connectivity index (χ1) is 9.76. The quantitative estimate of drug-likeness (QED) is 0.474. The van der Waals surface area contributed by atoms with E-state index in [1.165, 1.54) is 0 Å². The Kier molecular flexibility index (Phi) is 5.85. The van der Waals surface area contributed by atoms with Crippen LogP contribution >= 0.6 is 11.8 Å². The maximum atomic E-state index is 12.2. The lowest BCUT2D eigenvalue weighted by Crippen LogP contribution is -2.39. The topological polar surface area (TPSA) is 67.8 Å². The van der Waals surface area contributed by atoms with Crippen molar-refractivity contribution in [2.75, 3.05) is 19.0 Å². The fourth-order valence-corrected chi connectivity index (χ4v) is 3.64. The second kappa shape index (κ2) is 7.64. The fourth-order valence-electron chi connectivity index (χ4n) is 2.25. The van der Waals surface area contributed by atoms with Crippen molar-refractivity contribution in [3.8, 4) is 0 Å². The monoisotopic (exact) mass is 297 g/mol. The number of carbonyl (C=O) groups excluding carboxylic acids is 1. The average molecular weight is 297 g/mol. The van der Waals surface area contributed by atoms with E-state index in [1.807, 2.05) is 30.3 Å². The van der Waals surface area contributed by atoms with E-state index in [4.69, 9.17) is 9.99 Å². The van der Waals surface area contributed by atoms with E-state index in [0.717, 1.165) is 11.3 Å². The Morgan fingerprint density at radius 3 is 2.90 bits per heavy atom. The summed E-state index contributed by atoms with van der Waals surface area (Å²) in [6.07, 6.45) is 0. The van der Waals surface area contributed by atoms with E-state index < -0.39 is 0 Å². The molecule has 6 heteroatoms. The molecule has 0 saturated carbocycles. The smallest absolute Gasteiger partial charge is 0.315 e. The Balaban J connectivity index is 2.13. The maximum Gasteiger partial charge on any atom is 0.315 e. The summed E-state index contributed by atoms with van der Waals surface area (Å²) in [5.41, 5.74) is 0.932. The van der Waals surface area contributed by atoms with Crippen molar-refractivity contribution in [3.05, 3.63) is 35.9 Å². The molecule has 2 rings (SSSR count). The molecule has 1 saturated heterocycles. The number of hydrogen-bond acceptors (Lipinski definition) is 6. The highest BCUT2D eigenvalue weighted by Crippen LogP contribution is 2.33. The molecular formula is C14H19NO4S. The van der Waals surface area contributed by atoms with E-state index in [9.17, 15) is 4.79 Å².